The molecule has 0 bridgehead atoms. The molecule has 0 fully saturated rings. The number of hydrogen-bond donors (Lipinski definition) is 0. The van der Waals surface area contributed by atoms with E-state index >= 15 is 0 Å². The van der Waals surface area contributed by atoms with Crippen molar-refractivity contribution >= 4 is 39.1 Å². The normalized spacial score (nSPS) is 11.9. The molecule has 2 aromatic carbocycles. The fraction of sp³-hybridized carbons (Fsp3) is 0.263. The summed E-state index contributed by atoms with van der Waals surface area (Å²) in [6.45, 7) is 0.470. The Kier molecular flexibility index (Phi) is 9.38. The van der Waals surface area contributed by atoms with E-state index in [1.807, 2.05) is 0 Å². The first kappa shape index (κ1) is 24.4. The van der Waals surface area contributed by atoms with Crippen molar-refractivity contribution in [1.29, 1.82) is 0 Å². The molecule has 0 aliphatic rings. The maximum atomic E-state index is 12.6. The van der Waals surface area contributed by atoms with E-state index in [1.54, 1.807) is 0 Å². The van der Waals surface area contributed by atoms with Crippen molar-refractivity contribution in [3.05, 3.63) is 57.3 Å². The Hall–Kier alpha value is -1.84. The fourth-order valence-electron chi connectivity index (χ4n) is 2.12. The van der Waals surface area contributed by atoms with Crippen molar-refractivity contribution in [2.45, 2.75) is 12.8 Å². The van der Waals surface area contributed by atoms with Crippen molar-refractivity contribution < 1.29 is 36.5 Å². The first-order valence-electron chi connectivity index (χ1n) is 8.38. The zero-order valence-electron chi connectivity index (χ0n) is 15.1. The Balaban J connectivity index is 1.77. The van der Waals surface area contributed by atoms with Crippen LogP contribution in [0.2, 0.25) is 10.0 Å². The summed E-state index contributed by atoms with van der Waals surface area (Å²) in [4.78, 5) is 0. The summed E-state index contributed by atoms with van der Waals surface area (Å²) in [5, 5.41) is 0.448. The molecule has 0 atom stereocenters. The summed E-state index contributed by atoms with van der Waals surface area (Å²) in [6.07, 6.45) is -3.10. The monoisotopic (exact) mass is 532 g/mol. The standard InChI is InChI=1S/C19H15BrCl2F4O4/c20-17(23)6-9-28-14-10-15(21)18(16(22)11-14)29-8-1-7-27-12-2-4-13(5-3-12)30-19(24,25)26/h2-6,10-11H,1,7-9H2. The van der Waals surface area contributed by atoms with Crippen LogP contribution in [0.3, 0.4) is 0 Å². The number of benzene rings is 2. The van der Waals surface area contributed by atoms with Gasteiger partial charge in [-0.15, -0.1) is 13.2 Å². The van der Waals surface area contributed by atoms with Crippen molar-refractivity contribution in [3.8, 4) is 23.0 Å². The second kappa shape index (κ2) is 11.5. The van der Waals surface area contributed by atoms with Crippen LogP contribution in [-0.4, -0.2) is 26.2 Å². The van der Waals surface area contributed by atoms with E-state index in [9.17, 15) is 17.6 Å². The van der Waals surface area contributed by atoms with Gasteiger partial charge in [0.15, 0.2) is 10.5 Å². The molecule has 0 unspecified atom stereocenters. The Morgan fingerprint density at radius 1 is 0.900 bits per heavy atom. The molecule has 2 aromatic rings. The number of rotatable bonds is 10. The number of hydrogen-bond acceptors (Lipinski definition) is 4. The minimum absolute atomic E-state index is 0.00933. The summed E-state index contributed by atoms with van der Waals surface area (Å²) < 4.78 is 68.5. The third kappa shape index (κ3) is 8.89. The van der Waals surface area contributed by atoms with Crippen LogP contribution in [-0.2, 0) is 0 Å². The van der Waals surface area contributed by atoms with Gasteiger partial charge in [0.1, 0.15) is 23.9 Å². The molecule has 0 N–H and O–H groups in total. The van der Waals surface area contributed by atoms with Crippen LogP contribution >= 0.6 is 39.1 Å². The fourth-order valence-corrected chi connectivity index (χ4v) is 2.83. The molecule has 11 heteroatoms. The van der Waals surface area contributed by atoms with E-state index in [0.717, 1.165) is 12.1 Å². The van der Waals surface area contributed by atoms with Crippen molar-refractivity contribution in [2.24, 2.45) is 0 Å². The first-order chi connectivity index (χ1) is 14.1. The molecule has 0 aromatic heterocycles. The van der Waals surface area contributed by atoms with Crippen LogP contribution in [0.4, 0.5) is 17.6 Å². The average Bonchev–Trinajstić information content (AvgIpc) is 2.63. The quantitative estimate of drug-likeness (QED) is 0.237. The maximum Gasteiger partial charge on any atom is 0.573 e. The molecule has 30 heavy (non-hydrogen) atoms. The molecule has 0 amide bonds. The maximum absolute atomic E-state index is 12.6. The molecule has 0 aliphatic heterocycles. The number of halogens is 7. The van der Waals surface area contributed by atoms with Crippen LogP contribution in [0, 0.1) is 0 Å². The molecule has 4 nitrogen and oxygen atoms in total. The van der Waals surface area contributed by atoms with E-state index in [0.29, 0.717) is 17.9 Å². The highest BCUT2D eigenvalue weighted by Gasteiger charge is 2.30. The second-order valence-corrected chi connectivity index (χ2v) is 7.16. The number of alkyl halides is 3. The van der Waals surface area contributed by atoms with Gasteiger partial charge in [-0.2, -0.15) is 4.39 Å². The molecule has 0 radical (unpaired) electrons. The Morgan fingerprint density at radius 2 is 1.47 bits per heavy atom. The van der Waals surface area contributed by atoms with Gasteiger partial charge < -0.3 is 18.9 Å². The summed E-state index contributed by atoms with van der Waals surface area (Å²) in [5.74, 6) is 0.671. The highest BCUT2D eigenvalue weighted by atomic mass is 79.9. The van der Waals surface area contributed by atoms with Crippen LogP contribution < -0.4 is 18.9 Å². The van der Waals surface area contributed by atoms with Crippen LogP contribution in [0.25, 0.3) is 0 Å². The molecule has 0 saturated carbocycles. The topological polar surface area (TPSA) is 36.9 Å². The average molecular weight is 534 g/mol. The Morgan fingerprint density at radius 3 is 2.03 bits per heavy atom. The highest BCUT2D eigenvalue weighted by molar-refractivity contribution is 9.11. The predicted octanol–water partition coefficient (Wildman–Crippen LogP) is 7.32. The van der Waals surface area contributed by atoms with E-state index in [2.05, 4.69) is 20.7 Å². The molecule has 164 valence electrons. The van der Waals surface area contributed by atoms with Crippen molar-refractivity contribution in [2.75, 3.05) is 19.8 Å². The minimum Gasteiger partial charge on any atom is -0.493 e. The van der Waals surface area contributed by atoms with Crippen LogP contribution in [0.5, 0.6) is 23.0 Å². The van der Waals surface area contributed by atoms with E-state index in [1.165, 1.54) is 30.3 Å². The molecule has 0 heterocycles. The highest BCUT2D eigenvalue weighted by Crippen LogP contribution is 2.37. The third-order valence-corrected chi connectivity index (χ3v) is 4.21. The molecule has 0 spiro atoms. The van der Waals surface area contributed by atoms with Crippen molar-refractivity contribution in [3.63, 3.8) is 0 Å². The largest absolute Gasteiger partial charge is 0.573 e. The van der Waals surface area contributed by atoms with E-state index < -0.39 is 11.1 Å². The molecule has 0 aliphatic carbocycles. The van der Waals surface area contributed by atoms with Gasteiger partial charge >= 0.3 is 6.36 Å². The first-order valence-corrected chi connectivity index (χ1v) is 9.93. The third-order valence-electron chi connectivity index (χ3n) is 3.32. The van der Waals surface area contributed by atoms with Gasteiger partial charge in [-0.1, -0.05) is 23.2 Å². The molecular weight excluding hydrogens is 519 g/mol. The lowest BCUT2D eigenvalue weighted by Crippen LogP contribution is -2.17. The molecular formula is C19H15BrCl2F4O4. The van der Waals surface area contributed by atoms with Gasteiger partial charge in [0, 0.05) is 18.6 Å². The van der Waals surface area contributed by atoms with Gasteiger partial charge in [-0.05, 0) is 46.3 Å². The smallest absolute Gasteiger partial charge is 0.493 e. The second-order valence-electron chi connectivity index (χ2n) is 5.59. The summed E-state index contributed by atoms with van der Waals surface area (Å²) >= 11 is 14.9. The molecule has 0 saturated heterocycles. The summed E-state index contributed by atoms with van der Waals surface area (Å²) in [6, 6.07) is 8.03. The lowest BCUT2D eigenvalue weighted by Gasteiger charge is -2.13. The van der Waals surface area contributed by atoms with Gasteiger partial charge in [0.2, 0.25) is 0 Å². The van der Waals surface area contributed by atoms with Crippen LogP contribution in [0.15, 0.2) is 47.2 Å². The number of ether oxygens (including phenoxy) is 4. The Bertz CT molecular complexity index is 834. The summed E-state index contributed by atoms with van der Waals surface area (Å²) in [7, 11) is 0. The molecule has 2 rings (SSSR count). The van der Waals surface area contributed by atoms with Gasteiger partial charge in [0.25, 0.3) is 0 Å². The minimum atomic E-state index is -4.74. The van der Waals surface area contributed by atoms with Gasteiger partial charge in [-0.3, -0.25) is 0 Å². The van der Waals surface area contributed by atoms with E-state index in [-0.39, 0.29) is 41.4 Å². The summed E-state index contributed by atoms with van der Waals surface area (Å²) in [5.41, 5.74) is 0. The lowest BCUT2D eigenvalue weighted by molar-refractivity contribution is -0.274. The van der Waals surface area contributed by atoms with Gasteiger partial charge in [0.05, 0.1) is 23.3 Å². The zero-order valence-corrected chi connectivity index (χ0v) is 18.2. The predicted molar refractivity (Wildman–Crippen MR) is 109 cm³/mol. The van der Waals surface area contributed by atoms with Crippen molar-refractivity contribution in [1.82, 2.24) is 0 Å². The SMILES string of the molecule is FC(Br)=CCOc1cc(Cl)c(OCCCOc2ccc(OC(F)(F)F)cc2)c(Cl)c1. The Labute approximate surface area is 188 Å². The lowest BCUT2D eigenvalue weighted by atomic mass is 10.3. The van der Waals surface area contributed by atoms with E-state index in [4.69, 9.17) is 37.4 Å². The van der Waals surface area contributed by atoms with Gasteiger partial charge in [-0.25, -0.2) is 0 Å². The zero-order chi connectivity index (χ0) is 22.1. The van der Waals surface area contributed by atoms with Crippen LogP contribution in [0.1, 0.15) is 6.42 Å².